The molecule has 0 saturated heterocycles. The van der Waals surface area contributed by atoms with E-state index in [4.69, 9.17) is 14.2 Å². The molecule has 0 aliphatic carbocycles. The Morgan fingerprint density at radius 2 is 1.65 bits per heavy atom. The molecule has 0 saturated carbocycles. The lowest BCUT2D eigenvalue weighted by Crippen LogP contribution is -2.01. The summed E-state index contributed by atoms with van der Waals surface area (Å²) < 4.78 is 16.2. The SMILES string of the molecule is COc1ccc(C=O)cc1COc1ccccc1OC. The van der Waals surface area contributed by atoms with Gasteiger partial charge in [-0.05, 0) is 30.3 Å². The second-order valence-corrected chi connectivity index (χ2v) is 4.13. The van der Waals surface area contributed by atoms with Crippen molar-refractivity contribution in [3.05, 3.63) is 53.6 Å². The first-order chi connectivity index (χ1) is 9.78. The van der Waals surface area contributed by atoms with Crippen LogP contribution in [0, 0.1) is 0 Å². The van der Waals surface area contributed by atoms with Crippen molar-refractivity contribution in [3.8, 4) is 17.2 Å². The third-order valence-corrected chi connectivity index (χ3v) is 2.89. The molecule has 0 heterocycles. The lowest BCUT2D eigenvalue weighted by Gasteiger charge is -2.13. The van der Waals surface area contributed by atoms with E-state index in [2.05, 4.69) is 0 Å². The Balaban J connectivity index is 2.19. The minimum atomic E-state index is 0.297. The molecule has 20 heavy (non-hydrogen) atoms. The Kier molecular flexibility index (Phi) is 4.60. The highest BCUT2D eigenvalue weighted by atomic mass is 16.5. The summed E-state index contributed by atoms with van der Waals surface area (Å²) in [5.74, 6) is 2.00. The average Bonchev–Trinajstić information content (AvgIpc) is 2.52. The summed E-state index contributed by atoms with van der Waals surface area (Å²) >= 11 is 0. The summed E-state index contributed by atoms with van der Waals surface area (Å²) in [4.78, 5) is 10.8. The van der Waals surface area contributed by atoms with Gasteiger partial charge in [0.25, 0.3) is 0 Å². The maximum atomic E-state index is 10.8. The lowest BCUT2D eigenvalue weighted by atomic mass is 10.1. The number of rotatable bonds is 6. The molecule has 2 aromatic carbocycles. The molecule has 0 fully saturated rings. The monoisotopic (exact) mass is 272 g/mol. The Hall–Kier alpha value is -2.49. The Morgan fingerprint density at radius 1 is 0.950 bits per heavy atom. The number of carbonyl (C=O) groups excluding carboxylic acids is 1. The van der Waals surface area contributed by atoms with E-state index in [1.807, 2.05) is 24.3 Å². The van der Waals surface area contributed by atoms with E-state index in [1.54, 1.807) is 32.4 Å². The number of aldehydes is 1. The fraction of sp³-hybridized carbons (Fsp3) is 0.188. The minimum Gasteiger partial charge on any atom is -0.496 e. The highest BCUT2D eigenvalue weighted by Gasteiger charge is 2.08. The van der Waals surface area contributed by atoms with E-state index in [9.17, 15) is 4.79 Å². The maximum Gasteiger partial charge on any atom is 0.161 e. The highest BCUT2D eigenvalue weighted by Crippen LogP contribution is 2.28. The van der Waals surface area contributed by atoms with Crippen LogP contribution in [-0.2, 0) is 6.61 Å². The molecule has 0 bridgehead atoms. The topological polar surface area (TPSA) is 44.8 Å². The number of hydrogen-bond donors (Lipinski definition) is 0. The summed E-state index contributed by atoms with van der Waals surface area (Å²) in [6.07, 6.45) is 0.798. The Bertz CT molecular complexity index is 593. The van der Waals surface area contributed by atoms with Gasteiger partial charge >= 0.3 is 0 Å². The fourth-order valence-electron chi connectivity index (χ4n) is 1.88. The smallest absolute Gasteiger partial charge is 0.161 e. The lowest BCUT2D eigenvalue weighted by molar-refractivity contribution is 0.112. The zero-order chi connectivity index (χ0) is 14.4. The van der Waals surface area contributed by atoms with Gasteiger partial charge in [-0.2, -0.15) is 0 Å². The normalized spacial score (nSPS) is 9.90. The van der Waals surface area contributed by atoms with Crippen LogP contribution in [0.25, 0.3) is 0 Å². The van der Waals surface area contributed by atoms with Crippen molar-refractivity contribution < 1.29 is 19.0 Å². The standard InChI is InChI=1S/C16H16O4/c1-18-14-8-7-12(10-17)9-13(14)11-20-16-6-4-3-5-15(16)19-2/h3-10H,11H2,1-2H3. The van der Waals surface area contributed by atoms with E-state index in [0.29, 0.717) is 29.4 Å². The fourth-order valence-corrected chi connectivity index (χ4v) is 1.88. The zero-order valence-corrected chi connectivity index (χ0v) is 11.5. The molecule has 0 atom stereocenters. The van der Waals surface area contributed by atoms with Crippen molar-refractivity contribution in [2.24, 2.45) is 0 Å². The van der Waals surface area contributed by atoms with Gasteiger partial charge in [0.05, 0.1) is 14.2 Å². The van der Waals surface area contributed by atoms with Gasteiger partial charge in [0, 0.05) is 11.1 Å². The molecule has 2 aromatic rings. The van der Waals surface area contributed by atoms with Crippen molar-refractivity contribution in [3.63, 3.8) is 0 Å². The molecule has 0 unspecified atom stereocenters. The van der Waals surface area contributed by atoms with E-state index >= 15 is 0 Å². The molecule has 4 nitrogen and oxygen atoms in total. The van der Waals surface area contributed by atoms with Crippen molar-refractivity contribution in [1.29, 1.82) is 0 Å². The van der Waals surface area contributed by atoms with E-state index in [1.165, 1.54) is 0 Å². The van der Waals surface area contributed by atoms with Crippen LogP contribution in [-0.4, -0.2) is 20.5 Å². The molecule has 0 aliphatic heterocycles. The van der Waals surface area contributed by atoms with E-state index in [-0.39, 0.29) is 0 Å². The van der Waals surface area contributed by atoms with Crippen LogP contribution in [0.4, 0.5) is 0 Å². The van der Waals surface area contributed by atoms with Gasteiger partial charge in [-0.25, -0.2) is 0 Å². The molecule has 0 amide bonds. The predicted octanol–water partition coefficient (Wildman–Crippen LogP) is 3.10. The van der Waals surface area contributed by atoms with Crippen molar-refractivity contribution in [1.82, 2.24) is 0 Å². The maximum absolute atomic E-state index is 10.8. The van der Waals surface area contributed by atoms with E-state index in [0.717, 1.165) is 11.8 Å². The van der Waals surface area contributed by atoms with Gasteiger partial charge in [-0.3, -0.25) is 4.79 Å². The third-order valence-electron chi connectivity index (χ3n) is 2.89. The molecular weight excluding hydrogens is 256 g/mol. The number of hydrogen-bond acceptors (Lipinski definition) is 4. The molecule has 104 valence electrons. The molecule has 0 aliphatic rings. The van der Waals surface area contributed by atoms with Crippen LogP contribution in [0.1, 0.15) is 15.9 Å². The second kappa shape index (κ2) is 6.61. The third kappa shape index (κ3) is 3.09. The van der Waals surface area contributed by atoms with Crippen molar-refractivity contribution in [2.45, 2.75) is 6.61 Å². The van der Waals surface area contributed by atoms with Crippen LogP contribution in [0.3, 0.4) is 0 Å². The summed E-state index contributed by atoms with van der Waals surface area (Å²) in [6.45, 7) is 0.297. The Morgan fingerprint density at radius 3 is 2.30 bits per heavy atom. The number of methoxy groups -OCH3 is 2. The predicted molar refractivity (Wildman–Crippen MR) is 75.7 cm³/mol. The van der Waals surface area contributed by atoms with Gasteiger partial charge in [0.2, 0.25) is 0 Å². The minimum absolute atomic E-state index is 0.297. The quantitative estimate of drug-likeness (QED) is 0.758. The van der Waals surface area contributed by atoms with Crippen LogP contribution < -0.4 is 14.2 Å². The van der Waals surface area contributed by atoms with E-state index < -0.39 is 0 Å². The number of carbonyl (C=O) groups is 1. The van der Waals surface area contributed by atoms with Crippen molar-refractivity contribution in [2.75, 3.05) is 14.2 Å². The molecule has 4 heteroatoms. The molecular formula is C16H16O4. The average molecular weight is 272 g/mol. The first kappa shape index (κ1) is 13.9. The van der Waals surface area contributed by atoms with Crippen LogP contribution in [0.15, 0.2) is 42.5 Å². The van der Waals surface area contributed by atoms with Gasteiger partial charge in [0.15, 0.2) is 11.5 Å². The molecule has 0 spiro atoms. The highest BCUT2D eigenvalue weighted by molar-refractivity contribution is 5.75. The Labute approximate surface area is 117 Å². The first-order valence-electron chi connectivity index (χ1n) is 6.16. The number of para-hydroxylation sites is 2. The molecule has 0 radical (unpaired) electrons. The van der Waals surface area contributed by atoms with Gasteiger partial charge in [-0.1, -0.05) is 12.1 Å². The molecule has 0 aromatic heterocycles. The van der Waals surface area contributed by atoms with Crippen LogP contribution in [0.2, 0.25) is 0 Å². The van der Waals surface area contributed by atoms with Crippen molar-refractivity contribution >= 4 is 6.29 Å². The first-order valence-corrected chi connectivity index (χ1v) is 6.16. The summed E-state index contributed by atoms with van der Waals surface area (Å²) in [5, 5.41) is 0. The van der Waals surface area contributed by atoms with Gasteiger partial charge in [0.1, 0.15) is 18.6 Å². The summed E-state index contributed by atoms with van der Waals surface area (Å²) in [7, 11) is 3.18. The second-order valence-electron chi connectivity index (χ2n) is 4.13. The summed E-state index contributed by atoms with van der Waals surface area (Å²) in [6, 6.07) is 12.6. The van der Waals surface area contributed by atoms with Crippen LogP contribution in [0.5, 0.6) is 17.2 Å². The summed E-state index contributed by atoms with van der Waals surface area (Å²) in [5.41, 5.74) is 1.40. The molecule has 0 N–H and O–H groups in total. The van der Waals surface area contributed by atoms with Gasteiger partial charge < -0.3 is 14.2 Å². The van der Waals surface area contributed by atoms with Crippen LogP contribution >= 0.6 is 0 Å². The zero-order valence-electron chi connectivity index (χ0n) is 11.5. The largest absolute Gasteiger partial charge is 0.496 e. The number of benzene rings is 2. The van der Waals surface area contributed by atoms with Gasteiger partial charge in [-0.15, -0.1) is 0 Å². The molecule has 2 rings (SSSR count). The number of ether oxygens (including phenoxy) is 3.